The van der Waals surface area contributed by atoms with Crippen LogP contribution in [0.15, 0.2) is 30.3 Å². The maximum absolute atomic E-state index is 12.6. The van der Waals surface area contributed by atoms with Gasteiger partial charge in [-0.05, 0) is 67.8 Å². The van der Waals surface area contributed by atoms with Crippen molar-refractivity contribution in [3.8, 4) is 0 Å². The van der Waals surface area contributed by atoms with Gasteiger partial charge in [-0.3, -0.25) is 9.59 Å². The van der Waals surface area contributed by atoms with Crippen LogP contribution in [0.25, 0.3) is 0 Å². The highest BCUT2D eigenvalue weighted by molar-refractivity contribution is 5.87. The van der Waals surface area contributed by atoms with Crippen LogP contribution in [0.4, 0.5) is 0 Å². The maximum atomic E-state index is 12.6. The minimum absolute atomic E-state index is 0.0976. The van der Waals surface area contributed by atoms with Crippen LogP contribution in [0.1, 0.15) is 57.9 Å². The number of benzene rings is 1. The van der Waals surface area contributed by atoms with Gasteiger partial charge >= 0.3 is 5.97 Å². The average molecular weight is 427 g/mol. The molecule has 0 radical (unpaired) electrons. The third-order valence-electron chi connectivity index (χ3n) is 7.23. The highest BCUT2D eigenvalue weighted by atomic mass is 16.5. The lowest BCUT2D eigenvalue weighted by molar-refractivity contribution is -0.154. The fourth-order valence-corrected chi connectivity index (χ4v) is 6.33. The molecule has 0 aliphatic heterocycles. The average Bonchev–Trinajstić information content (AvgIpc) is 2.69. The molecule has 31 heavy (non-hydrogen) atoms. The molecule has 2 N–H and O–H groups in total. The zero-order valence-electron chi connectivity index (χ0n) is 18.6. The lowest BCUT2D eigenvalue weighted by Crippen LogP contribution is -2.60. The SMILES string of the molecule is CC(C)[C@H](NC(=O)Cc1ccccc1)C(=O)OCC(=O)NC12CC3CC(CC(C3)C1)C2. The zero-order chi connectivity index (χ0) is 22.0. The molecule has 1 atom stereocenters. The Morgan fingerprint density at radius 1 is 0.968 bits per heavy atom. The first-order chi connectivity index (χ1) is 14.8. The van der Waals surface area contributed by atoms with Gasteiger partial charge in [-0.2, -0.15) is 0 Å². The molecule has 4 aliphatic carbocycles. The summed E-state index contributed by atoms with van der Waals surface area (Å²) in [4.78, 5) is 37.6. The van der Waals surface area contributed by atoms with E-state index in [2.05, 4.69) is 10.6 Å². The third-order valence-corrected chi connectivity index (χ3v) is 7.23. The van der Waals surface area contributed by atoms with Gasteiger partial charge in [0.1, 0.15) is 6.04 Å². The number of hydrogen-bond donors (Lipinski definition) is 2. The first-order valence-electron chi connectivity index (χ1n) is 11.6. The van der Waals surface area contributed by atoms with Crippen LogP contribution in [-0.4, -0.2) is 36.0 Å². The Kier molecular flexibility index (Phi) is 6.35. The van der Waals surface area contributed by atoms with Crippen LogP contribution in [-0.2, 0) is 25.5 Å². The Balaban J connectivity index is 1.27. The smallest absolute Gasteiger partial charge is 0.329 e. The minimum Gasteiger partial charge on any atom is -0.454 e. The molecule has 1 aromatic carbocycles. The van der Waals surface area contributed by atoms with Gasteiger partial charge in [-0.25, -0.2) is 4.79 Å². The van der Waals surface area contributed by atoms with Crippen molar-refractivity contribution in [3.05, 3.63) is 35.9 Å². The van der Waals surface area contributed by atoms with Gasteiger partial charge in [-0.15, -0.1) is 0 Å². The molecule has 0 heterocycles. The molecular weight excluding hydrogens is 392 g/mol. The molecular formula is C25H34N2O4. The summed E-state index contributed by atoms with van der Waals surface area (Å²) in [6.45, 7) is 3.41. The number of carbonyl (C=O) groups excluding carboxylic acids is 3. The van der Waals surface area contributed by atoms with E-state index in [0.29, 0.717) is 0 Å². The van der Waals surface area contributed by atoms with E-state index < -0.39 is 12.0 Å². The Bertz CT molecular complexity index is 785. The summed E-state index contributed by atoms with van der Waals surface area (Å²) in [6, 6.07) is 8.61. The lowest BCUT2D eigenvalue weighted by Gasteiger charge is -2.56. The Morgan fingerprint density at radius 2 is 1.55 bits per heavy atom. The molecule has 4 bridgehead atoms. The van der Waals surface area contributed by atoms with Crippen molar-refractivity contribution in [2.45, 2.75) is 70.4 Å². The second-order valence-electron chi connectivity index (χ2n) is 10.3. The fraction of sp³-hybridized carbons (Fsp3) is 0.640. The van der Waals surface area contributed by atoms with Crippen molar-refractivity contribution < 1.29 is 19.1 Å². The molecule has 6 heteroatoms. The first kappa shape index (κ1) is 21.8. The highest BCUT2D eigenvalue weighted by Crippen LogP contribution is 2.55. The van der Waals surface area contributed by atoms with Crippen LogP contribution in [0.2, 0.25) is 0 Å². The summed E-state index contributed by atoms with van der Waals surface area (Å²) in [6.07, 6.45) is 7.30. The molecule has 168 valence electrons. The van der Waals surface area contributed by atoms with Crippen molar-refractivity contribution in [3.63, 3.8) is 0 Å². The summed E-state index contributed by atoms with van der Waals surface area (Å²) in [5, 5.41) is 5.99. The molecule has 4 saturated carbocycles. The summed E-state index contributed by atoms with van der Waals surface area (Å²) >= 11 is 0. The van der Waals surface area contributed by atoms with Crippen LogP contribution in [0.3, 0.4) is 0 Å². The van der Waals surface area contributed by atoms with Gasteiger partial charge in [0.05, 0.1) is 6.42 Å². The largest absolute Gasteiger partial charge is 0.454 e. The predicted octanol–water partition coefficient (Wildman–Crippen LogP) is 3.00. The predicted molar refractivity (Wildman–Crippen MR) is 117 cm³/mol. The Hall–Kier alpha value is -2.37. The monoisotopic (exact) mass is 426 g/mol. The maximum Gasteiger partial charge on any atom is 0.329 e. The molecule has 1 aromatic rings. The minimum atomic E-state index is -0.774. The van der Waals surface area contributed by atoms with E-state index in [9.17, 15) is 14.4 Å². The van der Waals surface area contributed by atoms with Gasteiger partial charge in [0.15, 0.2) is 6.61 Å². The molecule has 0 saturated heterocycles. The number of amides is 2. The molecule has 4 aliphatic rings. The molecule has 6 nitrogen and oxygen atoms in total. The van der Waals surface area contributed by atoms with Crippen molar-refractivity contribution >= 4 is 17.8 Å². The second kappa shape index (κ2) is 9.01. The fourth-order valence-electron chi connectivity index (χ4n) is 6.33. The Morgan fingerprint density at radius 3 is 2.10 bits per heavy atom. The standard InChI is InChI=1S/C25H34N2O4/c1-16(2)23(26-21(28)11-17-6-4-3-5-7-17)24(30)31-15-22(29)27-25-12-18-8-19(13-25)10-20(9-18)14-25/h3-7,16,18-20,23H,8-15H2,1-2H3,(H,26,28)(H,27,29)/t18?,19?,20?,23-,25?/m0/s1. The van der Waals surface area contributed by atoms with E-state index in [4.69, 9.17) is 4.74 Å². The van der Waals surface area contributed by atoms with Gasteiger partial charge in [-0.1, -0.05) is 44.2 Å². The zero-order valence-corrected chi connectivity index (χ0v) is 18.6. The Labute approximate surface area is 184 Å². The molecule has 4 fully saturated rings. The van der Waals surface area contributed by atoms with Gasteiger partial charge in [0.25, 0.3) is 5.91 Å². The van der Waals surface area contributed by atoms with Gasteiger partial charge in [0, 0.05) is 5.54 Å². The molecule has 0 aromatic heterocycles. The van der Waals surface area contributed by atoms with Crippen molar-refractivity contribution in [2.75, 3.05) is 6.61 Å². The van der Waals surface area contributed by atoms with E-state index in [1.54, 1.807) is 0 Å². The van der Waals surface area contributed by atoms with E-state index >= 15 is 0 Å². The number of esters is 1. The molecule has 2 amide bonds. The number of nitrogens with one attached hydrogen (secondary N) is 2. The molecule has 0 unspecified atom stereocenters. The van der Waals surface area contributed by atoms with Crippen LogP contribution >= 0.6 is 0 Å². The quantitative estimate of drug-likeness (QED) is 0.626. The summed E-state index contributed by atoms with van der Waals surface area (Å²) in [7, 11) is 0. The van der Waals surface area contributed by atoms with Crippen LogP contribution < -0.4 is 10.6 Å². The lowest BCUT2D eigenvalue weighted by atomic mass is 9.53. The normalized spacial score (nSPS) is 29.5. The van der Waals surface area contributed by atoms with E-state index in [0.717, 1.165) is 42.6 Å². The topological polar surface area (TPSA) is 84.5 Å². The van der Waals surface area contributed by atoms with Crippen molar-refractivity contribution in [1.29, 1.82) is 0 Å². The van der Waals surface area contributed by atoms with Crippen molar-refractivity contribution in [2.24, 2.45) is 23.7 Å². The molecule has 0 spiro atoms. The number of hydrogen-bond acceptors (Lipinski definition) is 4. The summed E-state index contributed by atoms with van der Waals surface area (Å²) < 4.78 is 5.33. The third kappa shape index (κ3) is 5.28. The number of rotatable bonds is 8. The van der Waals surface area contributed by atoms with Gasteiger partial charge < -0.3 is 15.4 Å². The van der Waals surface area contributed by atoms with E-state index in [1.165, 1.54) is 19.3 Å². The van der Waals surface area contributed by atoms with Gasteiger partial charge in [0.2, 0.25) is 5.91 Å². The van der Waals surface area contributed by atoms with E-state index in [-0.39, 0.29) is 36.3 Å². The van der Waals surface area contributed by atoms with Crippen molar-refractivity contribution in [1.82, 2.24) is 10.6 Å². The van der Waals surface area contributed by atoms with E-state index in [1.807, 2.05) is 44.2 Å². The first-order valence-corrected chi connectivity index (χ1v) is 11.6. The van der Waals surface area contributed by atoms with Crippen LogP contribution in [0, 0.1) is 23.7 Å². The second-order valence-corrected chi connectivity index (χ2v) is 10.3. The number of ether oxygens (including phenoxy) is 1. The summed E-state index contributed by atoms with van der Waals surface area (Å²) in [5.74, 6) is 1.04. The highest BCUT2D eigenvalue weighted by Gasteiger charge is 2.51. The number of carbonyl (C=O) groups is 3. The molecule has 5 rings (SSSR count). The van der Waals surface area contributed by atoms with Crippen LogP contribution in [0.5, 0.6) is 0 Å². The summed E-state index contributed by atoms with van der Waals surface area (Å²) in [5.41, 5.74) is 0.783.